The van der Waals surface area contributed by atoms with Crippen LogP contribution in [-0.2, 0) is 0 Å². The Balaban J connectivity index is 2.69. The van der Waals surface area contributed by atoms with Gasteiger partial charge in [-0.2, -0.15) is 0 Å². The average molecular weight is 255 g/mol. The average Bonchev–Trinajstić information content (AvgIpc) is 2.26. The van der Waals surface area contributed by atoms with Crippen molar-refractivity contribution in [2.24, 2.45) is 11.8 Å². The Hall–Kier alpha value is -0.530. The second-order valence-corrected chi connectivity index (χ2v) is 5.78. The summed E-state index contributed by atoms with van der Waals surface area (Å²) in [4.78, 5) is 0. The molecule has 17 heavy (non-hydrogen) atoms. The van der Waals surface area contributed by atoms with Crippen LogP contribution in [0.2, 0.25) is 5.02 Å². The van der Waals surface area contributed by atoms with Crippen LogP contribution < -0.4 is 0 Å². The largest absolute Gasteiger partial charge is 0.396 e. The lowest BCUT2D eigenvalue weighted by Gasteiger charge is -2.21. The Labute approximate surface area is 110 Å². The first-order valence-electron chi connectivity index (χ1n) is 6.39. The van der Waals surface area contributed by atoms with Crippen molar-refractivity contribution in [3.05, 3.63) is 34.9 Å². The maximum absolute atomic E-state index is 9.53. The monoisotopic (exact) mass is 254 g/mol. The van der Waals surface area contributed by atoms with E-state index in [2.05, 4.69) is 20.8 Å². The van der Waals surface area contributed by atoms with Gasteiger partial charge in [0, 0.05) is 17.5 Å². The molecule has 0 saturated heterocycles. The van der Waals surface area contributed by atoms with Crippen LogP contribution >= 0.6 is 11.6 Å². The Morgan fingerprint density at radius 2 is 1.76 bits per heavy atom. The highest BCUT2D eigenvalue weighted by Crippen LogP contribution is 2.31. The first-order chi connectivity index (χ1) is 8.04. The lowest BCUT2D eigenvalue weighted by molar-refractivity contribution is 0.239. The summed E-state index contributed by atoms with van der Waals surface area (Å²) in [5.74, 6) is 1.48. The van der Waals surface area contributed by atoms with Gasteiger partial charge >= 0.3 is 0 Å². The van der Waals surface area contributed by atoms with E-state index >= 15 is 0 Å². The van der Waals surface area contributed by atoms with Crippen LogP contribution in [0.5, 0.6) is 0 Å². The zero-order valence-electron chi connectivity index (χ0n) is 11.0. The van der Waals surface area contributed by atoms with Gasteiger partial charge in [-0.3, -0.25) is 0 Å². The third-order valence-corrected chi connectivity index (χ3v) is 3.47. The van der Waals surface area contributed by atoms with Gasteiger partial charge in [-0.25, -0.2) is 0 Å². The molecule has 0 aliphatic rings. The molecule has 0 aliphatic heterocycles. The summed E-state index contributed by atoms with van der Waals surface area (Å²) in [5.41, 5.74) is 1.08. The molecule has 0 heterocycles. The van der Waals surface area contributed by atoms with Crippen LogP contribution in [0.3, 0.4) is 0 Å². The standard InChI is InChI=1S/C15H23ClO/c1-11(2)8-12(3)9-13(10-17)14-6-4-5-7-15(14)16/h4-7,11-13,17H,8-10H2,1-3H3. The molecule has 1 aromatic carbocycles. The van der Waals surface area contributed by atoms with Crippen LogP contribution in [0.25, 0.3) is 0 Å². The molecule has 0 saturated carbocycles. The second kappa shape index (κ2) is 7.03. The molecule has 0 fully saturated rings. The van der Waals surface area contributed by atoms with Crippen LogP contribution in [0.15, 0.2) is 24.3 Å². The van der Waals surface area contributed by atoms with Crippen molar-refractivity contribution in [2.75, 3.05) is 6.61 Å². The normalized spacial score (nSPS) is 14.9. The van der Waals surface area contributed by atoms with Crippen LogP contribution in [0.1, 0.15) is 45.1 Å². The lowest BCUT2D eigenvalue weighted by Crippen LogP contribution is -2.11. The van der Waals surface area contributed by atoms with Gasteiger partial charge in [-0.15, -0.1) is 0 Å². The van der Waals surface area contributed by atoms with E-state index in [0.717, 1.165) is 17.0 Å². The molecule has 0 spiro atoms. The van der Waals surface area contributed by atoms with E-state index in [0.29, 0.717) is 11.8 Å². The number of hydrogen-bond donors (Lipinski definition) is 1. The van der Waals surface area contributed by atoms with Gasteiger partial charge in [0.2, 0.25) is 0 Å². The second-order valence-electron chi connectivity index (χ2n) is 5.37. The zero-order valence-corrected chi connectivity index (χ0v) is 11.7. The molecule has 0 bridgehead atoms. The number of rotatable bonds is 6. The first kappa shape index (κ1) is 14.5. The Morgan fingerprint density at radius 3 is 2.29 bits per heavy atom. The Kier molecular flexibility index (Phi) is 6.01. The summed E-state index contributed by atoms with van der Waals surface area (Å²) in [6.45, 7) is 6.89. The fourth-order valence-corrected chi connectivity index (χ4v) is 2.78. The molecule has 2 heteroatoms. The minimum Gasteiger partial charge on any atom is -0.396 e. The summed E-state index contributed by atoms with van der Waals surface area (Å²) in [7, 11) is 0. The van der Waals surface area contributed by atoms with Crippen molar-refractivity contribution < 1.29 is 5.11 Å². The minimum atomic E-state index is 0.164. The Bertz CT molecular complexity index is 335. The van der Waals surface area contributed by atoms with Crippen molar-refractivity contribution in [2.45, 2.75) is 39.5 Å². The number of benzene rings is 1. The van der Waals surface area contributed by atoms with Crippen molar-refractivity contribution in [1.82, 2.24) is 0 Å². The lowest BCUT2D eigenvalue weighted by atomic mass is 9.86. The molecule has 2 atom stereocenters. The molecule has 96 valence electrons. The van der Waals surface area contributed by atoms with Crippen molar-refractivity contribution >= 4 is 11.6 Å². The number of aliphatic hydroxyl groups is 1. The van der Waals surface area contributed by atoms with E-state index in [-0.39, 0.29) is 12.5 Å². The highest BCUT2D eigenvalue weighted by Gasteiger charge is 2.17. The van der Waals surface area contributed by atoms with E-state index in [1.54, 1.807) is 0 Å². The maximum Gasteiger partial charge on any atom is 0.0500 e. The van der Waals surface area contributed by atoms with Gasteiger partial charge in [-0.05, 0) is 36.3 Å². The molecule has 1 nitrogen and oxygen atoms in total. The Morgan fingerprint density at radius 1 is 1.12 bits per heavy atom. The molecule has 0 aliphatic carbocycles. The summed E-state index contributed by atoms with van der Waals surface area (Å²) in [5, 5.41) is 10.3. The van der Waals surface area contributed by atoms with E-state index < -0.39 is 0 Å². The summed E-state index contributed by atoms with van der Waals surface area (Å²) < 4.78 is 0. The quantitative estimate of drug-likeness (QED) is 0.793. The topological polar surface area (TPSA) is 20.2 Å². The summed E-state index contributed by atoms with van der Waals surface area (Å²) in [6, 6.07) is 7.83. The van der Waals surface area contributed by atoms with Gasteiger partial charge in [0.05, 0.1) is 0 Å². The number of halogens is 1. The van der Waals surface area contributed by atoms with Crippen LogP contribution in [-0.4, -0.2) is 11.7 Å². The molecular formula is C15H23ClO. The van der Waals surface area contributed by atoms with E-state index in [9.17, 15) is 5.11 Å². The summed E-state index contributed by atoms with van der Waals surface area (Å²) in [6.07, 6.45) is 2.19. The molecular weight excluding hydrogens is 232 g/mol. The van der Waals surface area contributed by atoms with Gasteiger partial charge in [-0.1, -0.05) is 50.6 Å². The first-order valence-corrected chi connectivity index (χ1v) is 6.77. The van der Waals surface area contributed by atoms with E-state index in [1.165, 1.54) is 6.42 Å². The molecule has 1 aromatic rings. The highest BCUT2D eigenvalue weighted by atomic mass is 35.5. The van der Waals surface area contributed by atoms with Crippen LogP contribution in [0, 0.1) is 11.8 Å². The number of aliphatic hydroxyl groups excluding tert-OH is 1. The third-order valence-electron chi connectivity index (χ3n) is 3.13. The smallest absolute Gasteiger partial charge is 0.0500 e. The molecule has 0 aromatic heterocycles. The van der Waals surface area contributed by atoms with Crippen LogP contribution in [0.4, 0.5) is 0 Å². The summed E-state index contributed by atoms with van der Waals surface area (Å²) >= 11 is 6.18. The van der Waals surface area contributed by atoms with Crippen molar-refractivity contribution in [3.8, 4) is 0 Å². The highest BCUT2D eigenvalue weighted by molar-refractivity contribution is 6.31. The molecule has 2 unspecified atom stereocenters. The number of hydrogen-bond acceptors (Lipinski definition) is 1. The van der Waals surface area contributed by atoms with Crippen molar-refractivity contribution in [3.63, 3.8) is 0 Å². The van der Waals surface area contributed by atoms with Gasteiger partial charge < -0.3 is 5.11 Å². The van der Waals surface area contributed by atoms with Crippen molar-refractivity contribution in [1.29, 1.82) is 0 Å². The van der Waals surface area contributed by atoms with Gasteiger partial charge in [0.1, 0.15) is 0 Å². The molecule has 1 rings (SSSR count). The van der Waals surface area contributed by atoms with E-state index in [4.69, 9.17) is 11.6 Å². The maximum atomic E-state index is 9.53. The zero-order chi connectivity index (χ0) is 12.8. The third kappa shape index (κ3) is 4.69. The SMILES string of the molecule is CC(C)CC(C)CC(CO)c1ccccc1Cl. The fourth-order valence-electron chi connectivity index (χ4n) is 2.49. The predicted octanol–water partition coefficient (Wildman–Crippen LogP) is 4.49. The molecule has 0 radical (unpaired) electrons. The molecule has 0 amide bonds. The van der Waals surface area contributed by atoms with Gasteiger partial charge in [0.25, 0.3) is 0 Å². The fraction of sp³-hybridized carbons (Fsp3) is 0.600. The van der Waals surface area contributed by atoms with Gasteiger partial charge in [0.15, 0.2) is 0 Å². The van der Waals surface area contributed by atoms with E-state index in [1.807, 2.05) is 24.3 Å². The predicted molar refractivity (Wildman–Crippen MR) is 74.5 cm³/mol. The molecule has 1 N–H and O–H groups in total. The minimum absolute atomic E-state index is 0.164.